The number of carbonyl (C=O) groups excluding carboxylic acids is 1. The average Bonchev–Trinajstić information content (AvgIpc) is 2.97. The fourth-order valence-corrected chi connectivity index (χ4v) is 2.51. The van der Waals surface area contributed by atoms with Crippen molar-refractivity contribution in [1.82, 2.24) is 5.32 Å². The van der Waals surface area contributed by atoms with Gasteiger partial charge in [-0.05, 0) is 38.8 Å². The standard InChI is InChI=1S/C12H17NO2S/c1-3-15-12(14)11(13-9-5-6-9)10-7-4-8(2)16-10/h4,7,9,11,13H,3,5-6H2,1-2H3. The van der Waals surface area contributed by atoms with Crippen LogP contribution in [0.4, 0.5) is 0 Å². The largest absolute Gasteiger partial charge is 0.465 e. The molecule has 1 heterocycles. The molecular formula is C12H17NO2S. The van der Waals surface area contributed by atoms with Crippen molar-refractivity contribution in [2.45, 2.75) is 38.8 Å². The van der Waals surface area contributed by atoms with Gasteiger partial charge in [-0.1, -0.05) is 0 Å². The van der Waals surface area contributed by atoms with Crippen molar-refractivity contribution < 1.29 is 9.53 Å². The predicted octanol–water partition coefficient (Wildman–Crippen LogP) is 2.41. The zero-order chi connectivity index (χ0) is 11.5. The lowest BCUT2D eigenvalue weighted by Crippen LogP contribution is -2.31. The number of hydrogen-bond donors (Lipinski definition) is 1. The Balaban J connectivity index is 2.09. The zero-order valence-electron chi connectivity index (χ0n) is 9.66. The average molecular weight is 239 g/mol. The third kappa shape index (κ3) is 2.83. The Hall–Kier alpha value is -0.870. The molecule has 1 saturated carbocycles. The highest BCUT2D eigenvalue weighted by atomic mass is 32.1. The maximum absolute atomic E-state index is 11.8. The van der Waals surface area contributed by atoms with Crippen LogP contribution in [-0.4, -0.2) is 18.6 Å². The maximum atomic E-state index is 11.8. The van der Waals surface area contributed by atoms with Crippen molar-refractivity contribution >= 4 is 17.3 Å². The van der Waals surface area contributed by atoms with E-state index in [-0.39, 0.29) is 12.0 Å². The number of esters is 1. The van der Waals surface area contributed by atoms with E-state index in [1.54, 1.807) is 11.3 Å². The van der Waals surface area contributed by atoms with Crippen LogP contribution in [0.5, 0.6) is 0 Å². The minimum atomic E-state index is -0.272. The third-order valence-electron chi connectivity index (χ3n) is 2.55. The zero-order valence-corrected chi connectivity index (χ0v) is 10.5. The van der Waals surface area contributed by atoms with Crippen LogP contribution in [0.15, 0.2) is 12.1 Å². The molecule has 4 heteroatoms. The summed E-state index contributed by atoms with van der Waals surface area (Å²) in [4.78, 5) is 14.1. The van der Waals surface area contributed by atoms with Crippen molar-refractivity contribution in [1.29, 1.82) is 0 Å². The number of carbonyl (C=O) groups is 1. The lowest BCUT2D eigenvalue weighted by Gasteiger charge is -2.15. The van der Waals surface area contributed by atoms with Gasteiger partial charge in [0.05, 0.1) is 6.61 Å². The van der Waals surface area contributed by atoms with Gasteiger partial charge in [0.15, 0.2) is 0 Å². The summed E-state index contributed by atoms with van der Waals surface area (Å²) in [6.45, 7) is 4.32. The van der Waals surface area contributed by atoms with Gasteiger partial charge in [-0.3, -0.25) is 5.32 Å². The summed E-state index contributed by atoms with van der Waals surface area (Å²) in [5.74, 6) is -0.156. The summed E-state index contributed by atoms with van der Waals surface area (Å²) in [6.07, 6.45) is 2.33. The number of hydrogen-bond acceptors (Lipinski definition) is 4. The topological polar surface area (TPSA) is 38.3 Å². The molecule has 0 bridgehead atoms. The van der Waals surface area contributed by atoms with Gasteiger partial charge >= 0.3 is 5.97 Å². The second kappa shape index (κ2) is 4.97. The maximum Gasteiger partial charge on any atom is 0.328 e. The molecule has 88 valence electrons. The van der Waals surface area contributed by atoms with E-state index < -0.39 is 0 Å². The smallest absolute Gasteiger partial charge is 0.328 e. The van der Waals surface area contributed by atoms with Crippen LogP contribution >= 0.6 is 11.3 Å². The fraction of sp³-hybridized carbons (Fsp3) is 0.583. The molecule has 0 radical (unpaired) electrons. The number of rotatable bonds is 5. The van der Waals surface area contributed by atoms with Gasteiger partial charge in [0, 0.05) is 15.8 Å². The summed E-state index contributed by atoms with van der Waals surface area (Å²) in [5.41, 5.74) is 0. The minimum Gasteiger partial charge on any atom is -0.465 e. The molecule has 1 aromatic heterocycles. The molecule has 0 amide bonds. The quantitative estimate of drug-likeness (QED) is 0.802. The first-order valence-corrected chi connectivity index (χ1v) is 6.51. The Labute approximate surface area is 99.8 Å². The number of nitrogens with one attached hydrogen (secondary N) is 1. The first-order valence-electron chi connectivity index (χ1n) is 5.69. The van der Waals surface area contributed by atoms with Crippen molar-refractivity contribution in [2.75, 3.05) is 6.61 Å². The molecule has 1 N–H and O–H groups in total. The second-order valence-corrected chi connectivity index (χ2v) is 5.39. The van der Waals surface area contributed by atoms with Crippen LogP contribution < -0.4 is 5.32 Å². The molecule has 1 aliphatic rings. The SMILES string of the molecule is CCOC(=O)C(NC1CC1)c1ccc(C)s1. The van der Waals surface area contributed by atoms with Crippen LogP contribution in [0.1, 0.15) is 35.6 Å². The van der Waals surface area contributed by atoms with E-state index in [0.29, 0.717) is 12.6 Å². The van der Waals surface area contributed by atoms with E-state index in [2.05, 4.69) is 5.32 Å². The summed E-state index contributed by atoms with van der Waals surface area (Å²) in [6, 6.07) is 4.28. The first-order chi connectivity index (χ1) is 7.70. The van der Waals surface area contributed by atoms with Crippen molar-refractivity contribution in [3.63, 3.8) is 0 Å². The molecule has 1 unspecified atom stereocenters. The molecule has 1 aromatic rings. The fourth-order valence-electron chi connectivity index (χ4n) is 1.59. The Bertz CT molecular complexity index is 371. The summed E-state index contributed by atoms with van der Waals surface area (Å²) in [7, 11) is 0. The third-order valence-corrected chi connectivity index (χ3v) is 3.61. The number of ether oxygens (including phenoxy) is 1. The van der Waals surface area contributed by atoms with Crippen LogP contribution in [-0.2, 0) is 9.53 Å². The van der Waals surface area contributed by atoms with E-state index >= 15 is 0 Å². The van der Waals surface area contributed by atoms with Crippen LogP contribution in [0.3, 0.4) is 0 Å². The predicted molar refractivity (Wildman–Crippen MR) is 64.6 cm³/mol. The first kappa shape index (κ1) is 11.6. The molecule has 1 atom stereocenters. The molecule has 1 fully saturated rings. The summed E-state index contributed by atoms with van der Waals surface area (Å²) in [5, 5.41) is 3.34. The van der Waals surface area contributed by atoms with Gasteiger partial charge in [0.25, 0.3) is 0 Å². The number of aryl methyl sites for hydroxylation is 1. The molecule has 2 rings (SSSR count). The molecule has 3 nitrogen and oxygen atoms in total. The van der Waals surface area contributed by atoms with E-state index in [9.17, 15) is 4.79 Å². The van der Waals surface area contributed by atoms with E-state index in [0.717, 1.165) is 4.88 Å². The Kier molecular flexibility index (Phi) is 3.61. The molecule has 0 saturated heterocycles. The van der Waals surface area contributed by atoms with Gasteiger partial charge in [0.1, 0.15) is 6.04 Å². The van der Waals surface area contributed by atoms with Crippen molar-refractivity contribution in [3.8, 4) is 0 Å². The molecule has 16 heavy (non-hydrogen) atoms. The molecule has 0 spiro atoms. The van der Waals surface area contributed by atoms with Crippen LogP contribution in [0.2, 0.25) is 0 Å². The van der Waals surface area contributed by atoms with Gasteiger partial charge in [-0.2, -0.15) is 0 Å². The molecule has 0 aromatic carbocycles. The monoisotopic (exact) mass is 239 g/mol. The van der Waals surface area contributed by atoms with Gasteiger partial charge < -0.3 is 4.74 Å². The van der Waals surface area contributed by atoms with E-state index in [1.165, 1.54) is 17.7 Å². The molecule has 1 aliphatic carbocycles. The normalized spacial score (nSPS) is 17.1. The van der Waals surface area contributed by atoms with E-state index in [1.807, 2.05) is 26.0 Å². The molecule has 0 aliphatic heterocycles. The highest BCUT2D eigenvalue weighted by Crippen LogP contribution is 2.28. The van der Waals surface area contributed by atoms with Gasteiger partial charge in [0.2, 0.25) is 0 Å². The van der Waals surface area contributed by atoms with Crippen LogP contribution in [0.25, 0.3) is 0 Å². The Morgan fingerprint density at radius 3 is 2.88 bits per heavy atom. The summed E-state index contributed by atoms with van der Waals surface area (Å²) < 4.78 is 5.10. The van der Waals surface area contributed by atoms with Crippen molar-refractivity contribution in [3.05, 3.63) is 21.9 Å². The minimum absolute atomic E-state index is 0.156. The van der Waals surface area contributed by atoms with Crippen LogP contribution in [0, 0.1) is 6.92 Å². The lowest BCUT2D eigenvalue weighted by atomic mass is 10.2. The second-order valence-electron chi connectivity index (χ2n) is 4.07. The highest BCUT2D eigenvalue weighted by molar-refractivity contribution is 7.12. The van der Waals surface area contributed by atoms with Gasteiger partial charge in [-0.15, -0.1) is 11.3 Å². The Morgan fingerprint density at radius 2 is 2.38 bits per heavy atom. The Morgan fingerprint density at radius 1 is 1.62 bits per heavy atom. The summed E-state index contributed by atoms with van der Waals surface area (Å²) >= 11 is 1.66. The van der Waals surface area contributed by atoms with Crippen molar-refractivity contribution in [2.24, 2.45) is 0 Å². The molecular weight excluding hydrogens is 222 g/mol. The highest BCUT2D eigenvalue weighted by Gasteiger charge is 2.31. The van der Waals surface area contributed by atoms with E-state index in [4.69, 9.17) is 4.74 Å². The number of thiophene rings is 1. The lowest BCUT2D eigenvalue weighted by molar-refractivity contribution is -0.145. The van der Waals surface area contributed by atoms with Gasteiger partial charge in [-0.25, -0.2) is 4.79 Å².